The van der Waals surface area contributed by atoms with E-state index >= 15 is 0 Å². The Morgan fingerprint density at radius 3 is 2.15 bits per heavy atom. The third-order valence-corrected chi connectivity index (χ3v) is 4.29. The fourth-order valence-corrected chi connectivity index (χ4v) is 2.83. The number of hydrogen-bond donors (Lipinski definition) is 6. The van der Waals surface area contributed by atoms with Gasteiger partial charge in [0, 0.05) is 9.82 Å². The lowest BCUT2D eigenvalue weighted by molar-refractivity contribution is -0.339. The van der Waals surface area contributed by atoms with E-state index in [1.165, 1.54) is 0 Å². The minimum absolute atomic E-state index is 0.389. The van der Waals surface area contributed by atoms with Crippen molar-refractivity contribution in [1.29, 1.82) is 0 Å². The van der Waals surface area contributed by atoms with Crippen molar-refractivity contribution in [2.75, 3.05) is 13.2 Å². The molecule has 0 unspecified atom stereocenters. The lowest BCUT2D eigenvalue weighted by Gasteiger charge is -2.45. The van der Waals surface area contributed by atoms with Gasteiger partial charge in [-0.1, -0.05) is 10.2 Å². The third kappa shape index (κ3) is 4.57. The molecule has 0 saturated carbocycles. The van der Waals surface area contributed by atoms with Gasteiger partial charge in [-0.25, -0.2) is 0 Å². The standard InChI is InChI=1S/C12H20N6O9/c13-17-15-1-3-10(7(22)8(23)11(25-3)16-18-14)27-12-9(24)6(21)5(20)4(2-19)26-12/h3-12,19-24H,1-2H2/t3-,4-,5+,6+,7-,8-,9-,10-,11-,12+/m1/s1. The Bertz CT molecular complexity index is 598. The lowest BCUT2D eigenvalue weighted by Crippen LogP contribution is -2.64. The molecule has 2 aliphatic heterocycles. The highest BCUT2D eigenvalue weighted by Gasteiger charge is 2.50. The van der Waals surface area contributed by atoms with Gasteiger partial charge in [-0.3, -0.25) is 0 Å². The first kappa shape index (κ1) is 21.6. The normalized spacial score (nSPS) is 44.8. The van der Waals surface area contributed by atoms with Gasteiger partial charge in [-0.05, 0) is 11.1 Å². The number of rotatable bonds is 6. The van der Waals surface area contributed by atoms with E-state index in [4.69, 9.17) is 25.3 Å². The van der Waals surface area contributed by atoms with Crippen molar-refractivity contribution in [3.05, 3.63) is 20.9 Å². The van der Waals surface area contributed by atoms with Crippen molar-refractivity contribution >= 4 is 0 Å². The third-order valence-electron chi connectivity index (χ3n) is 4.29. The van der Waals surface area contributed by atoms with Crippen LogP contribution in [0.5, 0.6) is 0 Å². The fourth-order valence-electron chi connectivity index (χ4n) is 2.83. The first-order valence-corrected chi connectivity index (χ1v) is 7.88. The van der Waals surface area contributed by atoms with Gasteiger partial charge in [0.25, 0.3) is 0 Å². The van der Waals surface area contributed by atoms with Gasteiger partial charge in [0.05, 0.1) is 19.3 Å². The van der Waals surface area contributed by atoms with Crippen molar-refractivity contribution in [3.8, 4) is 0 Å². The molecule has 0 aromatic rings. The molecule has 2 aliphatic rings. The minimum atomic E-state index is -1.76. The quantitative estimate of drug-likeness (QED) is 0.155. The van der Waals surface area contributed by atoms with Gasteiger partial charge in [0.2, 0.25) is 0 Å². The van der Waals surface area contributed by atoms with Crippen LogP contribution >= 0.6 is 0 Å². The molecule has 0 spiro atoms. The number of nitrogens with zero attached hydrogens (tertiary/aromatic N) is 6. The van der Waals surface area contributed by atoms with Crippen LogP contribution in [0.2, 0.25) is 0 Å². The summed E-state index contributed by atoms with van der Waals surface area (Å²) in [7, 11) is 0. The molecule has 27 heavy (non-hydrogen) atoms. The second-order valence-corrected chi connectivity index (χ2v) is 5.96. The van der Waals surface area contributed by atoms with Crippen LogP contribution in [0.15, 0.2) is 10.2 Å². The van der Waals surface area contributed by atoms with E-state index in [1.54, 1.807) is 0 Å². The zero-order chi connectivity index (χ0) is 20.1. The summed E-state index contributed by atoms with van der Waals surface area (Å²) >= 11 is 0. The van der Waals surface area contributed by atoms with Gasteiger partial charge in [-0.15, -0.1) is 0 Å². The Morgan fingerprint density at radius 1 is 0.852 bits per heavy atom. The van der Waals surface area contributed by atoms with E-state index in [-0.39, 0.29) is 6.54 Å². The van der Waals surface area contributed by atoms with Crippen LogP contribution in [0, 0.1) is 0 Å². The van der Waals surface area contributed by atoms with E-state index in [9.17, 15) is 30.6 Å². The van der Waals surface area contributed by atoms with Crippen LogP contribution in [0.25, 0.3) is 20.9 Å². The first-order valence-electron chi connectivity index (χ1n) is 7.88. The van der Waals surface area contributed by atoms with Gasteiger partial charge in [-0.2, -0.15) is 0 Å². The summed E-state index contributed by atoms with van der Waals surface area (Å²) in [6, 6.07) is 0. The second-order valence-electron chi connectivity index (χ2n) is 5.96. The predicted molar refractivity (Wildman–Crippen MR) is 82.5 cm³/mol. The molecule has 2 heterocycles. The molecule has 0 aliphatic carbocycles. The van der Waals surface area contributed by atoms with E-state index in [1.807, 2.05) is 0 Å². The summed E-state index contributed by atoms with van der Waals surface area (Å²) in [5.74, 6) is 0. The number of hydrogen-bond acceptors (Lipinski definition) is 11. The SMILES string of the molecule is [N-]=[N+]=NC[C@H]1O[C@@H](N=[N+]=[N-])[C@H](O)[C@@H](O)[C@@H]1O[C@@H]1O[C@H](CO)[C@H](O)[C@H](O)[C@H]1O. The molecule has 2 fully saturated rings. The molecule has 2 rings (SSSR count). The molecule has 15 nitrogen and oxygen atoms in total. The summed E-state index contributed by atoms with van der Waals surface area (Å²) in [5.41, 5.74) is 17.0. The average Bonchev–Trinajstić information content (AvgIpc) is 2.66. The van der Waals surface area contributed by atoms with E-state index < -0.39 is 68.0 Å². The minimum Gasteiger partial charge on any atom is -0.394 e. The molecule has 15 heteroatoms. The van der Waals surface area contributed by atoms with Crippen molar-refractivity contribution in [2.24, 2.45) is 10.2 Å². The van der Waals surface area contributed by atoms with E-state index in [0.29, 0.717) is 0 Å². The summed E-state index contributed by atoms with van der Waals surface area (Å²) in [6.45, 7) is -1.09. The van der Waals surface area contributed by atoms with Crippen molar-refractivity contribution in [2.45, 2.75) is 61.3 Å². The number of ether oxygens (including phenoxy) is 3. The molecule has 2 saturated heterocycles. The summed E-state index contributed by atoms with van der Waals surface area (Å²) in [6.07, 6.45) is -15.5. The van der Waals surface area contributed by atoms with E-state index in [2.05, 4.69) is 20.1 Å². The van der Waals surface area contributed by atoms with Gasteiger partial charge >= 0.3 is 0 Å². The highest BCUT2D eigenvalue weighted by molar-refractivity contribution is 4.96. The molecule has 0 aromatic carbocycles. The van der Waals surface area contributed by atoms with Crippen LogP contribution in [-0.2, 0) is 14.2 Å². The molecule has 6 N–H and O–H groups in total. The van der Waals surface area contributed by atoms with Crippen molar-refractivity contribution in [3.63, 3.8) is 0 Å². The van der Waals surface area contributed by atoms with Crippen LogP contribution in [-0.4, -0.2) is 105 Å². The molecule has 0 aromatic heterocycles. The van der Waals surface area contributed by atoms with Crippen LogP contribution in [0.1, 0.15) is 0 Å². The Morgan fingerprint density at radius 2 is 1.56 bits per heavy atom. The monoisotopic (exact) mass is 392 g/mol. The topological polar surface area (TPSA) is 247 Å². The Balaban J connectivity index is 2.21. The average molecular weight is 392 g/mol. The Labute approximate surface area is 151 Å². The number of azide groups is 2. The molecular weight excluding hydrogens is 372 g/mol. The highest BCUT2D eigenvalue weighted by Crippen LogP contribution is 2.29. The Kier molecular flexibility index (Phi) is 7.55. The number of aliphatic hydroxyl groups excluding tert-OH is 6. The largest absolute Gasteiger partial charge is 0.394 e. The maximum atomic E-state index is 10.3. The van der Waals surface area contributed by atoms with Crippen LogP contribution in [0.3, 0.4) is 0 Å². The predicted octanol–water partition coefficient (Wildman–Crippen LogP) is -2.76. The molecule has 0 bridgehead atoms. The molecule has 152 valence electrons. The van der Waals surface area contributed by atoms with E-state index in [0.717, 1.165) is 0 Å². The smallest absolute Gasteiger partial charge is 0.187 e. The maximum Gasteiger partial charge on any atom is 0.187 e. The zero-order valence-corrected chi connectivity index (χ0v) is 13.8. The summed E-state index contributed by atoms with van der Waals surface area (Å²) < 4.78 is 15.9. The maximum absolute atomic E-state index is 10.3. The van der Waals surface area contributed by atoms with Gasteiger partial charge in [0.15, 0.2) is 12.5 Å². The van der Waals surface area contributed by atoms with Crippen molar-refractivity contribution < 1.29 is 44.8 Å². The summed E-state index contributed by atoms with van der Waals surface area (Å²) in [5, 5.41) is 65.6. The molecule has 0 amide bonds. The van der Waals surface area contributed by atoms with Crippen LogP contribution < -0.4 is 0 Å². The lowest BCUT2D eigenvalue weighted by atomic mass is 9.96. The molecule has 10 atom stereocenters. The van der Waals surface area contributed by atoms with Crippen molar-refractivity contribution in [1.82, 2.24) is 0 Å². The fraction of sp³-hybridized carbons (Fsp3) is 1.00. The summed E-state index contributed by atoms with van der Waals surface area (Å²) in [4.78, 5) is 5.03. The highest BCUT2D eigenvalue weighted by atomic mass is 16.7. The Hall–Kier alpha value is -1.74. The molecule has 0 radical (unpaired) electrons. The number of aliphatic hydroxyl groups is 6. The second kappa shape index (κ2) is 9.45. The first-order chi connectivity index (χ1) is 12.8. The van der Waals surface area contributed by atoms with Gasteiger partial charge < -0.3 is 44.8 Å². The van der Waals surface area contributed by atoms with Gasteiger partial charge in [0.1, 0.15) is 42.7 Å². The zero-order valence-electron chi connectivity index (χ0n) is 13.8. The molecular formula is C12H20N6O9. The van der Waals surface area contributed by atoms with Crippen LogP contribution in [0.4, 0.5) is 0 Å².